The summed E-state index contributed by atoms with van der Waals surface area (Å²) in [7, 11) is 0. The Balaban J connectivity index is 2.15. The van der Waals surface area contributed by atoms with E-state index in [0.29, 0.717) is 0 Å². The van der Waals surface area contributed by atoms with Gasteiger partial charge in [-0.1, -0.05) is 26.0 Å². The number of piperidine rings is 1. The lowest BCUT2D eigenvalue weighted by Crippen LogP contribution is -2.32. The highest BCUT2D eigenvalue weighted by atomic mass is 16.1. The molecule has 0 bridgehead atoms. The fourth-order valence-corrected chi connectivity index (χ4v) is 2.51. The van der Waals surface area contributed by atoms with Crippen LogP contribution in [0.2, 0.25) is 0 Å². The molecule has 19 heavy (non-hydrogen) atoms. The first kappa shape index (κ1) is 15.8. The van der Waals surface area contributed by atoms with Gasteiger partial charge in [-0.2, -0.15) is 0 Å². The molecule has 0 unspecified atom stereocenters. The first-order valence-electron chi connectivity index (χ1n) is 7.54. The normalized spacial score (nSPS) is 16.8. The summed E-state index contributed by atoms with van der Waals surface area (Å²) in [5.74, 6) is 0.794. The van der Waals surface area contributed by atoms with E-state index in [2.05, 4.69) is 30.7 Å². The zero-order chi connectivity index (χ0) is 13.9. The van der Waals surface area contributed by atoms with Gasteiger partial charge in [-0.3, -0.25) is 4.79 Å². The minimum atomic E-state index is 0.794. The summed E-state index contributed by atoms with van der Waals surface area (Å²) in [5.41, 5.74) is 0. The van der Waals surface area contributed by atoms with Gasteiger partial charge in [0.15, 0.2) is 0 Å². The van der Waals surface area contributed by atoms with Gasteiger partial charge in [-0.15, -0.1) is 0 Å². The van der Waals surface area contributed by atoms with E-state index in [4.69, 9.17) is 0 Å². The van der Waals surface area contributed by atoms with Gasteiger partial charge in [0.25, 0.3) is 0 Å². The number of amides is 1. The molecule has 3 nitrogen and oxygen atoms in total. The van der Waals surface area contributed by atoms with Gasteiger partial charge in [0, 0.05) is 19.6 Å². The maximum atomic E-state index is 10.6. The molecule has 0 aromatic carbocycles. The van der Waals surface area contributed by atoms with Crippen LogP contribution in [0.1, 0.15) is 45.4 Å². The SMILES string of the molecule is C=CN(/C=C\CCC)CCCC1CCN(C=O)CC1. The van der Waals surface area contributed by atoms with Crippen LogP contribution in [-0.2, 0) is 4.79 Å². The second-order valence-corrected chi connectivity index (χ2v) is 5.32. The second kappa shape index (κ2) is 9.65. The highest BCUT2D eigenvalue weighted by molar-refractivity contribution is 5.47. The number of rotatable bonds is 9. The zero-order valence-electron chi connectivity index (χ0n) is 12.3. The van der Waals surface area contributed by atoms with Gasteiger partial charge in [-0.05, 0) is 50.4 Å². The minimum absolute atomic E-state index is 0.794. The molecule has 1 amide bonds. The molecule has 0 N–H and O–H groups in total. The van der Waals surface area contributed by atoms with Gasteiger partial charge < -0.3 is 9.80 Å². The van der Waals surface area contributed by atoms with Crippen LogP contribution < -0.4 is 0 Å². The monoisotopic (exact) mass is 264 g/mol. The summed E-state index contributed by atoms with van der Waals surface area (Å²) in [6.45, 7) is 8.98. The van der Waals surface area contributed by atoms with E-state index in [1.165, 1.54) is 32.1 Å². The van der Waals surface area contributed by atoms with Crippen LogP contribution in [0.4, 0.5) is 0 Å². The third-order valence-electron chi connectivity index (χ3n) is 3.81. The lowest BCUT2D eigenvalue weighted by molar-refractivity contribution is -0.119. The van der Waals surface area contributed by atoms with E-state index in [-0.39, 0.29) is 0 Å². The van der Waals surface area contributed by atoms with Gasteiger partial charge >= 0.3 is 0 Å². The third kappa shape index (κ3) is 6.46. The molecule has 0 atom stereocenters. The number of allylic oxidation sites excluding steroid dienone is 1. The first-order valence-corrected chi connectivity index (χ1v) is 7.54. The van der Waals surface area contributed by atoms with Crippen molar-refractivity contribution < 1.29 is 4.79 Å². The maximum absolute atomic E-state index is 10.6. The largest absolute Gasteiger partial charge is 0.355 e. The molecule has 1 saturated heterocycles. The van der Waals surface area contributed by atoms with Crippen molar-refractivity contribution in [3.63, 3.8) is 0 Å². The van der Waals surface area contributed by atoms with Crippen LogP contribution in [-0.4, -0.2) is 35.8 Å². The highest BCUT2D eigenvalue weighted by Crippen LogP contribution is 2.21. The first-order chi connectivity index (χ1) is 9.30. The Morgan fingerprint density at radius 2 is 2.11 bits per heavy atom. The predicted octanol–water partition coefficient (Wildman–Crippen LogP) is 3.39. The molecule has 0 saturated carbocycles. The number of likely N-dealkylation sites (tertiary alicyclic amines) is 1. The molecule has 108 valence electrons. The zero-order valence-corrected chi connectivity index (χ0v) is 12.3. The van der Waals surface area contributed by atoms with Crippen molar-refractivity contribution in [2.75, 3.05) is 19.6 Å². The molecule has 0 aromatic heterocycles. The number of carbonyl (C=O) groups excluding carboxylic acids is 1. The Labute approximate surface area is 118 Å². The summed E-state index contributed by atoms with van der Waals surface area (Å²) >= 11 is 0. The van der Waals surface area contributed by atoms with E-state index < -0.39 is 0 Å². The Morgan fingerprint density at radius 1 is 1.37 bits per heavy atom. The smallest absolute Gasteiger partial charge is 0.209 e. The molecule has 1 aliphatic heterocycles. The van der Waals surface area contributed by atoms with Crippen molar-refractivity contribution in [1.82, 2.24) is 9.80 Å². The third-order valence-corrected chi connectivity index (χ3v) is 3.81. The van der Waals surface area contributed by atoms with Gasteiger partial charge in [0.2, 0.25) is 6.41 Å². The molecule has 1 heterocycles. The van der Waals surface area contributed by atoms with E-state index in [0.717, 1.165) is 38.4 Å². The Kier molecular flexibility index (Phi) is 8.03. The van der Waals surface area contributed by atoms with Crippen LogP contribution in [0.25, 0.3) is 0 Å². The van der Waals surface area contributed by atoms with Crippen LogP contribution in [0.5, 0.6) is 0 Å². The predicted molar refractivity (Wildman–Crippen MR) is 80.5 cm³/mol. The van der Waals surface area contributed by atoms with Gasteiger partial charge in [-0.25, -0.2) is 0 Å². The molecule has 0 spiro atoms. The maximum Gasteiger partial charge on any atom is 0.209 e. The van der Waals surface area contributed by atoms with Crippen molar-refractivity contribution in [3.05, 3.63) is 25.1 Å². The van der Waals surface area contributed by atoms with Crippen molar-refractivity contribution in [3.8, 4) is 0 Å². The molecule has 1 rings (SSSR count). The van der Waals surface area contributed by atoms with E-state index in [1.54, 1.807) is 0 Å². The molecular formula is C16H28N2O. The topological polar surface area (TPSA) is 23.6 Å². The molecule has 1 fully saturated rings. The van der Waals surface area contributed by atoms with Crippen molar-refractivity contribution in [2.24, 2.45) is 5.92 Å². The number of hydrogen-bond acceptors (Lipinski definition) is 2. The Bertz CT molecular complexity index is 280. The Hall–Kier alpha value is -1.25. The lowest BCUT2D eigenvalue weighted by atomic mass is 9.92. The summed E-state index contributed by atoms with van der Waals surface area (Å²) in [6, 6.07) is 0. The van der Waals surface area contributed by atoms with Crippen molar-refractivity contribution >= 4 is 6.41 Å². The average Bonchev–Trinajstić information content (AvgIpc) is 2.46. The summed E-state index contributed by atoms with van der Waals surface area (Å²) in [6.07, 6.45) is 14.4. The standard InChI is InChI=1S/C16H28N2O/c1-3-5-6-11-17(4-2)12-7-8-16-9-13-18(15-19)14-10-16/h4,6,11,15-16H,2-3,5,7-10,12-14H2,1H3/b11-6-. The second-order valence-electron chi connectivity index (χ2n) is 5.32. The van der Waals surface area contributed by atoms with Gasteiger partial charge in [0.05, 0.1) is 0 Å². The number of hydrogen-bond donors (Lipinski definition) is 0. The summed E-state index contributed by atoms with van der Waals surface area (Å²) in [5, 5.41) is 0. The fraction of sp³-hybridized carbons (Fsp3) is 0.688. The molecular weight excluding hydrogens is 236 g/mol. The molecule has 0 aromatic rings. The Morgan fingerprint density at radius 3 is 2.68 bits per heavy atom. The fourth-order valence-electron chi connectivity index (χ4n) is 2.51. The quantitative estimate of drug-likeness (QED) is 0.596. The van der Waals surface area contributed by atoms with E-state index in [1.807, 2.05) is 11.1 Å². The van der Waals surface area contributed by atoms with Crippen LogP contribution in [0, 0.1) is 5.92 Å². The molecule has 3 heteroatoms. The average molecular weight is 264 g/mol. The number of carbonyl (C=O) groups is 1. The van der Waals surface area contributed by atoms with Crippen LogP contribution in [0.15, 0.2) is 25.1 Å². The van der Waals surface area contributed by atoms with Crippen molar-refractivity contribution in [2.45, 2.75) is 45.4 Å². The molecule has 0 aliphatic carbocycles. The lowest BCUT2D eigenvalue weighted by Gasteiger charge is -2.29. The summed E-state index contributed by atoms with van der Waals surface area (Å²) < 4.78 is 0. The molecule has 0 radical (unpaired) electrons. The molecule has 1 aliphatic rings. The number of unbranched alkanes of at least 4 members (excludes halogenated alkanes) is 1. The summed E-state index contributed by atoms with van der Waals surface area (Å²) in [4.78, 5) is 14.7. The van der Waals surface area contributed by atoms with E-state index >= 15 is 0 Å². The van der Waals surface area contributed by atoms with Crippen molar-refractivity contribution in [1.29, 1.82) is 0 Å². The van der Waals surface area contributed by atoms with E-state index in [9.17, 15) is 4.79 Å². The minimum Gasteiger partial charge on any atom is -0.355 e. The van der Waals surface area contributed by atoms with Crippen LogP contribution >= 0.6 is 0 Å². The highest BCUT2D eigenvalue weighted by Gasteiger charge is 2.17. The van der Waals surface area contributed by atoms with Gasteiger partial charge in [0.1, 0.15) is 0 Å². The van der Waals surface area contributed by atoms with Crippen LogP contribution in [0.3, 0.4) is 0 Å². The number of nitrogens with zero attached hydrogens (tertiary/aromatic N) is 2.